The van der Waals surface area contributed by atoms with Gasteiger partial charge in [-0.15, -0.1) is 0 Å². The van der Waals surface area contributed by atoms with E-state index < -0.39 is 0 Å². The first kappa shape index (κ1) is 8.49. The fourth-order valence-electron chi connectivity index (χ4n) is 3.41. The number of benzene rings is 1. The van der Waals surface area contributed by atoms with Gasteiger partial charge in [-0.05, 0) is 36.7 Å². The normalized spacial score (nSPS) is 40.4. The van der Waals surface area contributed by atoms with Gasteiger partial charge in [-0.3, -0.25) is 0 Å². The van der Waals surface area contributed by atoms with Crippen LogP contribution in [-0.4, -0.2) is 11.2 Å². The van der Waals surface area contributed by atoms with Crippen molar-refractivity contribution in [2.75, 3.05) is 0 Å². The van der Waals surface area contributed by atoms with Crippen molar-refractivity contribution in [1.29, 1.82) is 0 Å². The molecule has 1 aromatic rings. The molecule has 3 rings (SSSR count). The van der Waals surface area contributed by atoms with Crippen LogP contribution in [0.25, 0.3) is 0 Å². The molecular weight excluding hydrogens is 172 g/mol. The third kappa shape index (κ3) is 1.12. The van der Waals surface area contributed by atoms with E-state index in [1.165, 1.54) is 24.8 Å². The van der Waals surface area contributed by atoms with Crippen LogP contribution < -0.4 is 0 Å². The molecule has 0 spiro atoms. The van der Waals surface area contributed by atoms with Crippen LogP contribution in [0, 0.1) is 11.8 Å². The zero-order valence-corrected chi connectivity index (χ0v) is 8.26. The van der Waals surface area contributed by atoms with Crippen molar-refractivity contribution in [3.8, 4) is 0 Å². The van der Waals surface area contributed by atoms with Gasteiger partial charge in [0, 0.05) is 5.92 Å². The molecule has 74 valence electrons. The molecule has 1 nitrogen and oxygen atoms in total. The maximum atomic E-state index is 10.1. The second kappa shape index (κ2) is 3.09. The highest BCUT2D eigenvalue weighted by Crippen LogP contribution is 2.52. The van der Waals surface area contributed by atoms with Crippen LogP contribution in [0.5, 0.6) is 0 Å². The van der Waals surface area contributed by atoms with E-state index in [1.54, 1.807) is 0 Å². The Morgan fingerprint density at radius 1 is 1.00 bits per heavy atom. The second-order valence-corrected chi connectivity index (χ2v) is 4.76. The number of aliphatic hydroxyl groups excluding tert-OH is 1. The molecule has 0 unspecified atom stereocenters. The van der Waals surface area contributed by atoms with E-state index in [9.17, 15) is 5.11 Å². The average Bonchev–Trinajstić information content (AvgIpc) is 2.79. The van der Waals surface area contributed by atoms with E-state index in [4.69, 9.17) is 0 Å². The zero-order valence-electron chi connectivity index (χ0n) is 8.26. The van der Waals surface area contributed by atoms with Gasteiger partial charge in [-0.25, -0.2) is 0 Å². The highest BCUT2D eigenvalue weighted by molar-refractivity contribution is 5.25. The van der Waals surface area contributed by atoms with Crippen molar-refractivity contribution in [1.82, 2.24) is 0 Å². The van der Waals surface area contributed by atoms with Gasteiger partial charge in [0.05, 0.1) is 6.10 Å². The number of aliphatic hydroxyl groups is 1. The van der Waals surface area contributed by atoms with Crippen molar-refractivity contribution in [3.63, 3.8) is 0 Å². The Morgan fingerprint density at radius 2 is 1.71 bits per heavy atom. The Kier molecular flexibility index (Phi) is 1.88. The Bertz CT molecular complexity index is 317. The van der Waals surface area contributed by atoms with Gasteiger partial charge in [0.2, 0.25) is 0 Å². The van der Waals surface area contributed by atoms with Crippen LogP contribution in [0.4, 0.5) is 0 Å². The van der Waals surface area contributed by atoms with E-state index in [2.05, 4.69) is 24.3 Å². The molecule has 4 atom stereocenters. The summed E-state index contributed by atoms with van der Waals surface area (Å²) in [5.74, 6) is 1.76. The highest BCUT2D eigenvalue weighted by atomic mass is 16.3. The van der Waals surface area contributed by atoms with E-state index in [0.717, 1.165) is 5.92 Å². The maximum absolute atomic E-state index is 10.1. The smallest absolute Gasteiger partial charge is 0.0639 e. The summed E-state index contributed by atoms with van der Waals surface area (Å²) in [5.41, 5.74) is 1.34. The molecule has 0 aromatic heterocycles. The minimum absolute atomic E-state index is 0.0730. The molecule has 2 saturated carbocycles. The largest absolute Gasteiger partial charge is 0.392 e. The minimum atomic E-state index is -0.0730. The molecule has 0 saturated heterocycles. The number of hydrogen-bond acceptors (Lipinski definition) is 1. The first-order valence-corrected chi connectivity index (χ1v) is 5.59. The lowest BCUT2D eigenvalue weighted by molar-refractivity contribution is 0.0923. The van der Waals surface area contributed by atoms with E-state index in [1.807, 2.05) is 6.07 Å². The van der Waals surface area contributed by atoms with Gasteiger partial charge in [0.25, 0.3) is 0 Å². The van der Waals surface area contributed by atoms with E-state index in [-0.39, 0.29) is 6.10 Å². The predicted octanol–water partition coefficient (Wildman–Crippen LogP) is 2.56. The SMILES string of the molecule is O[C@H]1[C@@H]2CC[C@@H](C2)[C@@H]1c1ccccc1. The molecule has 2 bridgehead atoms. The molecule has 2 aliphatic carbocycles. The summed E-state index contributed by atoms with van der Waals surface area (Å²) in [4.78, 5) is 0. The maximum Gasteiger partial charge on any atom is 0.0639 e. The summed E-state index contributed by atoms with van der Waals surface area (Å²) in [5, 5.41) is 10.1. The monoisotopic (exact) mass is 188 g/mol. The molecule has 0 aliphatic heterocycles. The first-order chi connectivity index (χ1) is 6.86. The van der Waals surface area contributed by atoms with Gasteiger partial charge in [-0.1, -0.05) is 30.3 Å². The lowest BCUT2D eigenvalue weighted by Crippen LogP contribution is -2.25. The van der Waals surface area contributed by atoms with Crippen LogP contribution in [0.3, 0.4) is 0 Å². The quantitative estimate of drug-likeness (QED) is 0.718. The molecule has 14 heavy (non-hydrogen) atoms. The van der Waals surface area contributed by atoms with Crippen LogP contribution >= 0.6 is 0 Å². The Hall–Kier alpha value is -0.820. The van der Waals surface area contributed by atoms with Crippen molar-refractivity contribution < 1.29 is 5.11 Å². The standard InChI is InChI=1S/C13H16O/c14-13-11-7-6-10(8-11)12(13)9-4-2-1-3-5-9/h1-5,10-14H,6-8H2/t10-,11+,12-,13-/m0/s1. The summed E-state index contributed by atoms with van der Waals surface area (Å²) in [7, 11) is 0. The van der Waals surface area contributed by atoms with Gasteiger partial charge < -0.3 is 5.11 Å². The lowest BCUT2D eigenvalue weighted by Gasteiger charge is -2.27. The first-order valence-electron chi connectivity index (χ1n) is 5.59. The van der Waals surface area contributed by atoms with Gasteiger partial charge in [0.15, 0.2) is 0 Å². The van der Waals surface area contributed by atoms with Crippen LogP contribution in [0.2, 0.25) is 0 Å². The third-order valence-corrected chi connectivity index (χ3v) is 4.06. The Balaban J connectivity index is 1.93. The van der Waals surface area contributed by atoms with Crippen LogP contribution in [0.15, 0.2) is 30.3 Å². The molecule has 0 radical (unpaired) electrons. The summed E-state index contributed by atoms with van der Waals surface area (Å²) in [6.07, 6.45) is 3.74. The molecule has 1 aromatic carbocycles. The van der Waals surface area contributed by atoms with E-state index in [0.29, 0.717) is 11.8 Å². The van der Waals surface area contributed by atoms with Crippen molar-refractivity contribution >= 4 is 0 Å². The molecule has 0 heterocycles. The van der Waals surface area contributed by atoms with Gasteiger partial charge in [0.1, 0.15) is 0 Å². The van der Waals surface area contributed by atoms with Gasteiger partial charge >= 0.3 is 0 Å². The predicted molar refractivity (Wildman–Crippen MR) is 56.0 cm³/mol. The fraction of sp³-hybridized carbons (Fsp3) is 0.538. The Labute approximate surface area is 84.8 Å². The highest BCUT2D eigenvalue weighted by Gasteiger charge is 2.47. The van der Waals surface area contributed by atoms with Crippen LogP contribution in [0.1, 0.15) is 30.7 Å². The van der Waals surface area contributed by atoms with Crippen molar-refractivity contribution in [3.05, 3.63) is 35.9 Å². The molecular formula is C13H16O. The zero-order chi connectivity index (χ0) is 9.54. The number of rotatable bonds is 1. The second-order valence-electron chi connectivity index (χ2n) is 4.76. The number of hydrogen-bond donors (Lipinski definition) is 1. The summed E-state index contributed by atoms with van der Waals surface area (Å²) in [6.45, 7) is 0. The Morgan fingerprint density at radius 3 is 2.36 bits per heavy atom. The van der Waals surface area contributed by atoms with E-state index >= 15 is 0 Å². The fourth-order valence-corrected chi connectivity index (χ4v) is 3.41. The average molecular weight is 188 g/mol. The lowest BCUT2D eigenvalue weighted by atomic mass is 9.81. The van der Waals surface area contributed by atoms with Crippen molar-refractivity contribution in [2.24, 2.45) is 11.8 Å². The molecule has 0 amide bonds. The molecule has 2 aliphatic rings. The number of fused-ring (bicyclic) bond motifs is 2. The summed E-state index contributed by atoms with van der Waals surface area (Å²) >= 11 is 0. The summed E-state index contributed by atoms with van der Waals surface area (Å²) in [6, 6.07) is 10.5. The molecule has 1 heteroatoms. The van der Waals surface area contributed by atoms with Crippen LogP contribution in [-0.2, 0) is 0 Å². The minimum Gasteiger partial charge on any atom is -0.392 e. The summed E-state index contributed by atoms with van der Waals surface area (Å²) < 4.78 is 0. The third-order valence-electron chi connectivity index (χ3n) is 4.06. The molecule has 2 fully saturated rings. The van der Waals surface area contributed by atoms with Crippen molar-refractivity contribution in [2.45, 2.75) is 31.3 Å². The molecule has 1 N–H and O–H groups in total. The van der Waals surface area contributed by atoms with Gasteiger partial charge in [-0.2, -0.15) is 0 Å². The topological polar surface area (TPSA) is 20.2 Å².